The van der Waals surface area contributed by atoms with Crippen molar-refractivity contribution < 1.29 is 18.8 Å². The van der Waals surface area contributed by atoms with Crippen LogP contribution in [0.4, 0.5) is 0 Å². The van der Waals surface area contributed by atoms with Gasteiger partial charge in [-0.2, -0.15) is 0 Å². The quantitative estimate of drug-likeness (QED) is 0.281. The molecule has 2 unspecified atom stereocenters. The second kappa shape index (κ2) is 10.1. The number of thioether (sulfide) groups is 1. The van der Waals surface area contributed by atoms with Crippen LogP contribution in [0.5, 0.6) is 0 Å². The van der Waals surface area contributed by atoms with Gasteiger partial charge in [0.05, 0.1) is 13.2 Å². The van der Waals surface area contributed by atoms with Crippen molar-refractivity contribution in [2.75, 3.05) is 12.9 Å². The molecule has 0 heterocycles. The zero-order valence-corrected chi connectivity index (χ0v) is 19.3. The molecule has 0 aromatic carbocycles. The molecule has 0 aromatic rings. The number of carbonyl (C=O) groups excluding carboxylic acids is 2. The number of ether oxygens (including phenoxy) is 1. The van der Waals surface area contributed by atoms with Crippen LogP contribution in [0, 0.1) is 5.92 Å². The zero-order valence-electron chi connectivity index (χ0n) is 17.5. The Hall–Kier alpha value is -0.593. The minimum absolute atomic E-state index is 0.0500. The number of hydrogen-bond acceptors (Lipinski definition) is 5. The van der Waals surface area contributed by atoms with Crippen LogP contribution in [0.1, 0.15) is 59.8 Å². The Labute approximate surface area is 164 Å². The highest BCUT2D eigenvalue weighted by Gasteiger charge is 2.40. The molecule has 150 valence electrons. The fraction of sp³-hybridized carbons (Fsp3) is 0.800. The molecular weight excluding hydrogens is 364 g/mol. The van der Waals surface area contributed by atoms with Gasteiger partial charge in [-0.05, 0) is 42.3 Å². The van der Waals surface area contributed by atoms with Crippen molar-refractivity contribution in [2.45, 2.75) is 84.0 Å². The Balaban J connectivity index is 2.34. The average Bonchev–Trinajstić information content (AvgIpc) is 2.84. The van der Waals surface area contributed by atoms with E-state index in [1.807, 2.05) is 6.08 Å². The van der Waals surface area contributed by atoms with E-state index < -0.39 is 8.32 Å². The van der Waals surface area contributed by atoms with Gasteiger partial charge in [0.1, 0.15) is 0 Å². The zero-order chi connectivity index (χ0) is 20.0. The summed E-state index contributed by atoms with van der Waals surface area (Å²) in [6.45, 7) is 13.2. The van der Waals surface area contributed by atoms with Crippen LogP contribution in [-0.2, 0) is 18.8 Å². The molecule has 0 aromatic heterocycles. The van der Waals surface area contributed by atoms with E-state index in [9.17, 15) is 9.59 Å². The van der Waals surface area contributed by atoms with Gasteiger partial charge < -0.3 is 9.16 Å². The van der Waals surface area contributed by atoms with E-state index >= 15 is 0 Å². The van der Waals surface area contributed by atoms with Crippen LogP contribution in [-0.4, -0.2) is 39.0 Å². The Morgan fingerprint density at radius 1 is 1.35 bits per heavy atom. The van der Waals surface area contributed by atoms with Gasteiger partial charge in [-0.15, -0.1) is 11.8 Å². The van der Waals surface area contributed by atoms with E-state index in [2.05, 4.69) is 40.8 Å². The molecule has 0 saturated carbocycles. The predicted octanol–water partition coefficient (Wildman–Crippen LogP) is 5.34. The minimum Gasteiger partial charge on any atom is -0.469 e. The summed E-state index contributed by atoms with van der Waals surface area (Å²) < 4.78 is 11.1. The van der Waals surface area contributed by atoms with Crippen LogP contribution in [0.25, 0.3) is 0 Å². The third kappa shape index (κ3) is 7.57. The fourth-order valence-electron chi connectivity index (χ4n) is 2.61. The molecule has 2 atom stereocenters. The maximum atomic E-state index is 12.2. The molecule has 0 spiro atoms. The van der Waals surface area contributed by atoms with Crippen molar-refractivity contribution in [3.63, 3.8) is 0 Å². The molecule has 1 rings (SSSR count). The van der Waals surface area contributed by atoms with Crippen LogP contribution < -0.4 is 0 Å². The number of rotatable bonds is 10. The number of methoxy groups -OCH3 is 1. The van der Waals surface area contributed by atoms with Crippen molar-refractivity contribution >= 4 is 31.8 Å². The molecule has 0 saturated heterocycles. The maximum Gasteiger partial charge on any atom is 0.305 e. The molecule has 0 aliphatic heterocycles. The summed E-state index contributed by atoms with van der Waals surface area (Å²) in [5, 5.41) is 0.153. The van der Waals surface area contributed by atoms with Crippen molar-refractivity contribution in [2.24, 2.45) is 5.92 Å². The SMILES string of the molecule is COC(=O)CC(C)CCCCSC1=CC(O[Si](C)(C)C(C)(C)C)CC1=O. The standard InChI is InChI=1S/C20H36O4SSi/c1-15(12-19(22)23-5)10-8-9-11-25-18-14-16(13-17(18)21)24-26(6,7)20(2,3)4/h14-16H,8-13H2,1-7H3. The number of esters is 1. The Morgan fingerprint density at radius 3 is 2.58 bits per heavy atom. The molecule has 4 nitrogen and oxygen atoms in total. The molecule has 0 radical (unpaired) electrons. The van der Waals surface area contributed by atoms with Gasteiger partial charge in [-0.1, -0.05) is 40.5 Å². The number of unbranched alkanes of at least 4 members (excludes halogenated alkanes) is 1. The van der Waals surface area contributed by atoms with Gasteiger partial charge in [0.2, 0.25) is 0 Å². The fourth-order valence-corrected chi connectivity index (χ4v) is 4.93. The minimum atomic E-state index is -1.85. The molecule has 0 bridgehead atoms. The third-order valence-electron chi connectivity index (χ3n) is 5.34. The average molecular weight is 401 g/mol. The summed E-state index contributed by atoms with van der Waals surface area (Å²) in [4.78, 5) is 24.3. The smallest absolute Gasteiger partial charge is 0.305 e. The lowest BCUT2D eigenvalue weighted by molar-refractivity contribution is -0.141. The van der Waals surface area contributed by atoms with Crippen LogP contribution in [0.3, 0.4) is 0 Å². The summed E-state index contributed by atoms with van der Waals surface area (Å²) >= 11 is 1.65. The van der Waals surface area contributed by atoms with Gasteiger partial charge in [0.25, 0.3) is 0 Å². The van der Waals surface area contributed by atoms with E-state index in [0.29, 0.717) is 18.8 Å². The molecule has 0 fully saturated rings. The van der Waals surface area contributed by atoms with Crippen molar-refractivity contribution in [1.29, 1.82) is 0 Å². The van der Waals surface area contributed by atoms with Crippen LogP contribution in [0.2, 0.25) is 18.1 Å². The second-order valence-electron chi connectivity index (χ2n) is 8.80. The van der Waals surface area contributed by atoms with E-state index in [1.54, 1.807) is 11.8 Å². The van der Waals surface area contributed by atoms with Crippen LogP contribution in [0.15, 0.2) is 11.0 Å². The highest BCUT2D eigenvalue weighted by molar-refractivity contribution is 8.04. The van der Waals surface area contributed by atoms with E-state index in [4.69, 9.17) is 9.16 Å². The Morgan fingerprint density at radius 2 is 2.00 bits per heavy atom. The Kier molecular flexibility index (Phi) is 9.10. The maximum absolute atomic E-state index is 12.2. The third-order valence-corrected chi connectivity index (χ3v) is 11.0. The largest absolute Gasteiger partial charge is 0.469 e. The van der Waals surface area contributed by atoms with Gasteiger partial charge >= 0.3 is 5.97 Å². The number of Topliss-reactive ketones (excluding diaryl/α,β-unsaturated/α-hetero) is 1. The number of carbonyl (C=O) groups is 2. The molecule has 1 aliphatic rings. The predicted molar refractivity (Wildman–Crippen MR) is 112 cm³/mol. The highest BCUT2D eigenvalue weighted by atomic mass is 32.2. The number of hydrogen-bond donors (Lipinski definition) is 0. The van der Waals surface area contributed by atoms with Gasteiger partial charge in [0, 0.05) is 17.7 Å². The summed E-state index contributed by atoms with van der Waals surface area (Å²) in [5.74, 6) is 1.37. The summed E-state index contributed by atoms with van der Waals surface area (Å²) in [6.07, 6.45) is 6.09. The van der Waals surface area contributed by atoms with Crippen molar-refractivity contribution in [1.82, 2.24) is 0 Å². The topological polar surface area (TPSA) is 52.6 Å². The molecule has 0 amide bonds. The lowest BCUT2D eigenvalue weighted by atomic mass is 10.0. The summed E-state index contributed by atoms with van der Waals surface area (Å²) in [7, 11) is -0.416. The van der Waals surface area contributed by atoms with Crippen molar-refractivity contribution in [3.05, 3.63) is 11.0 Å². The summed E-state index contributed by atoms with van der Waals surface area (Å²) in [5.41, 5.74) is 0. The summed E-state index contributed by atoms with van der Waals surface area (Å²) in [6, 6.07) is 0. The molecule has 26 heavy (non-hydrogen) atoms. The highest BCUT2D eigenvalue weighted by Crippen LogP contribution is 2.39. The van der Waals surface area contributed by atoms with Crippen LogP contribution >= 0.6 is 11.8 Å². The normalized spacial score (nSPS) is 19.4. The van der Waals surface area contributed by atoms with E-state index in [1.165, 1.54) is 7.11 Å². The molecule has 1 aliphatic carbocycles. The molecule has 6 heteroatoms. The van der Waals surface area contributed by atoms with E-state index in [-0.39, 0.29) is 22.9 Å². The second-order valence-corrected chi connectivity index (χ2v) is 14.7. The Bertz CT molecular complexity index is 522. The lowest BCUT2D eigenvalue weighted by Gasteiger charge is -2.37. The first-order valence-electron chi connectivity index (χ1n) is 9.58. The van der Waals surface area contributed by atoms with Gasteiger partial charge in [-0.25, -0.2) is 0 Å². The lowest BCUT2D eigenvalue weighted by Crippen LogP contribution is -2.43. The first-order chi connectivity index (χ1) is 12.0. The first-order valence-corrected chi connectivity index (χ1v) is 13.5. The monoisotopic (exact) mass is 400 g/mol. The van der Waals surface area contributed by atoms with E-state index in [0.717, 1.165) is 29.9 Å². The molecule has 0 N–H and O–H groups in total. The van der Waals surface area contributed by atoms with Gasteiger partial charge in [-0.3, -0.25) is 9.59 Å². The number of allylic oxidation sites excluding steroid dienone is 1. The van der Waals surface area contributed by atoms with Gasteiger partial charge in [0.15, 0.2) is 14.1 Å². The van der Waals surface area contributed by atoms with Crippen molar-refractivity contribution in [3.8, 4) is 0 Å². The number of ketones is 1. The first kappa shape index (κ1) is 23.4. The molecular formula is C20H36O4SSi.